The lowest BCUT2D eigenvalue weighted by Gasteiger charge is -2.24. The van der Waals surface area contributed by atoms with Crippen LogP contribution in [0.1, 0.15) is 16.1 Å². The molecule has 0 aliphatic carbocycles. The molecule has 1 aromatic rings. The van der Waals surface area contributed by atoms with Crippen molar-refractivity contribution in [3.63, 3.8) is 0 Å². The number of carbonyl (C=O) groups excluding carboxylic acids is 3. The van der Waals surface area contributed by atoms with Crippen molar-refractivity contribution in [1.29, 1.82) is 0 Å². The largest absolute Gasteiger partial charge is 0.471 e. The summed E-state index contributed by atoms with van der Waals surface area (Å²) in [5.41, 5.74) is 0.289. The fourth-order valence-corrected chi connectivity index (χ4v) is 1.54. The molecule has 2 amide bonds. The average molecular weight is 317 g/mol. The fraction of sp³-hybridized carbons (Fsp3) is 0.385. The Kier molecular flexibility index (Phi) is 5.61. The molecule has 0 aliphatic heterocycles. The first kappa shape index (κ1) is 17.6. The SMILES string of the molecule is CN(C)C(=O)CN(Cc1cc(C=O)ccn1)C(=O)C(F)(F)F. The zero-order valence-corrected chi connectivity index (χ0v) is 11.9. The van der Waals surface area contributed by atoms with Gasteiger partial charge in [-0.15, -0.1) is 0 Å². The number of likely N-dealkylation sites (N-methyl/N-ethyl adjacent to an activating group) is 1. The van der Waals surface area contributed by atoms with Crippen LogP contribution in [0, 0.1) is 0 Å². The van der Waals surface area contributed by atoms with E-state index in [-0.39, 0.29) is 11.3 Å². The van der Waals surface area contributed by atoms with Crippen LogP contribution in [-0.4, -0.2) is 59.7 Å². The standard InChI is InChI=1S/C13H14F3N3O3/c1-18(2)11(21)7-19(12(22)13(14,15)16)6-10-5-9(8-20)3-4-17-10/h3-5,8H,6-7H2,1-2H3. The van der Waals surface area contributed by atoms with Crippen LogP contribution in [0.25, 0.3) is 0 Å². The van der Waals surface area contributed by atoms with Gasteiger partial charge in [0.25, 0.3) is 0 Å². The summed E-state index contributed by atoms with van der Waals surface area (Å²) in [7, 11) is 2.73. The number of amides is 2. The monoisotopic (exact) mass is 317 g/mol. The summed E-state index contributed by atoms with van der Waals surface area (Å²) >= 11 is 0. The van der Waals surface area contributed by atoms with Gasteiger partial charge in [-0.2, -0.15) is 13.2 Å². The molecule has 9 heteroatoms. The quantitative estimate of drug-likeness (QED) is 0.756. The summed E-state index contributed by atoms with van der Waals surface area (Å²) in [6.07, 6.45) is -3.36. The molecule has 0 bridgehead atoms. The van der Waals surface area contributed by atoms with Gasteiger partial charge in [0, 0.05) is 25.9 Å². The van der Waals surface area contributed by atoms with Crippen molar-refractivity contribution in [3.05, 3.63) is 29.6 Å². The summed E-state index contributed by atoms with van der Waals surface area (Å²) < 4.78 is 37.8. The van der Waals surface area contributed by atoms with E-state index < -0.39 is 31.1 Å². The van der Waals surface area contributed by atoms with Crippen LogP contribution < -0.4 is 0 Å². The van der Waals surface area contributed by atoms with Crippen molar-refractivity contribution < 1.29 is 27.6 Å². The van der Waals surface area contributed by atoms with Crippen LogP contribution in [0.3, 0.4) is 0 Å². The van der Waals surface area contributed by atoms with E-state index in [1.807, 2.05) is 0 Å². The number of pyridine rings is 1. The van der Waals surface area contributed by atoms with Crippen LogP contribution in [0.15, 0.2) is 18.3 Å². The number of alkyl halides is 3. The Morgan fingerprint density at radius 3 is 2.45 bits per heavy atom. The molecule has 0 aromatic carbocycles. The Labute approximate surface area is 124 Å². The zero-order chi connectivity index (χ0) is 16.9. The van der Waals surface area contributed by atoms with Gasteiger partial charge in [0.1, 0.15) is 12.8 Å². The van der Waals surface area contributed by atoms with E-state index in [0.29, 0.717) is 11.2 Å². The number of carbonyl (C=O) groups is 3. The highest BCUT2D eigenvalue weighted by molar-refractivity contribution is 5.87. The van der Waals surface area contributed by atoms with Crippen LogP contribution in [0.5, 0.6) is 0 Å². The number of aromatic nitrogens is 1. The second kappa shape index (κ2) is 7.01. The third-order valence-corrected chi connectivity index (χ3v) is 2.68. The van der Waals surface area contributed by atoms with Gasteiger partial charge in [0.15, 0.2) is 0 Å². The van der Waals surface area contributed by atoms with Crippen molar-refractivity contribution >= 4 is 18.1 Å². The van der Waals surface area contributed by atoms with Gasteiger partial charge >= 0.3 is 12.1 Å². The summed E-state index contributed by atoms with van der Waals surface area (Å²) in [5.74, 6) is -2.80. The molecule has 0 N–H and O–H groups in total. The maximum Gasteiger partial charge on any atom is 0.471 e. The second-order valence-electron chi connectivity index (χ2n) is 4.65. The Hall–Kier alpha value is -2.45. The van der Waals surface area contributed by atoms with Crippen molar-refractivity contribution in [2.45, 2.75) is 12.7 Å². The smallest absolute Gasteiger partial charge is 0.347 e. The summed E-state index contributed by atoms with van der Waals surface area (Å²) in [6, 6.07) is 2.63. The normalized spacial score (nSPS) is 11.0. The lowest BCUT2D eigenvalue weighted by Crippen LogP contribution is -2.45. The number of hydrogen-bond donors (Lipinski definition) is 0. The molecule has 0 saturated carbocycles. The number of hydrogen-bond acceptors (Lipinski definition) is 4. The Morgan fingerprint density at radius 2 is 1.95 bits per heavy atom. The highest BCUT2D eigenvalue weighted by Crippen LogP contribution is 2.20. The first-order valence-corrected chi connectivity index (χ1v) is 6.11. The minimum atomic E-state index is -5.10. The highest BCUT2D eigenvalue weighted by atomic mass is 19.4. The van der Waals surface area contributed by atoms with Crippen molar-refractivity contribution in [2.75, 3.05) is 20.6 Å². The molecule has 0 unspecified atom stereocenters. The molecular formula is C13H14F3N3O3. The van der Waals surface area contributed by atoms with Crippen LogP contribution in [0.4, 0.5) is 13.2 Å². The second-order valence-corrected chi connectivity index (χ2v) is 4.65. The van der Waals surface area contributed by atoms with E-state index in [1.165, 1.54) is 32.4 Å². The van der Waals surface area contributed by atoms with E-state index in [4.69, 9.17) is 0 Å². The first-order chi connectivity index (χ1) is 10.1. The predicted octanol–water partition coefficient (Wildman–Crippen LogP) is 0.873. The third-order valence-electron chi connectivity index (χ3n) is 2.68. The Balaban J connectivity index is 3.01. The predicted molar refractivity (Wildman–Crippen MR) is 69.8 cm³/mol. The number of aldehydes is 1. The third kappa shape index (κ3) is 4.83. The molecule has 6 nitrogen and oxygen atoms in total. The van der Waals surface area contributed by atoms with Crippen LogP contribution in [-0.2, 0) is 16.1 Å². The molecule has 0 atom stereocenters. The summed E-state index contributed by atoms with van der Waals surface area (Å²) in [5, 5.41) is 0. The molecule has 0 spiro atoms. The van der Waals surface area contributed by atoms with E-state index in [1.54, 1.807) is 0 Å². The van der Waals surface area contributed by atoms with E-state index in [9.17, 15) is 27.6 Å². The molecule has 0 aliphatic rings. The highest BCUT2D eigenvalue weighted by Gasteiger charge is 2.43. The van der Waals surface area contributed by atoms with Crippen LogP contribution in [0.2, 0.25) is 0 Å². The number of nitrogens with zero attached hydrogens (tertiary/aromatic N) is 3. The fourth-order valence-electron chi connectivity index (χ4n) is 1.54. The van der Waals surface area contributed by atoms with Gasteiger partial charge in [0.2, 0.25) is 5.91 Å². The van der Waals surface area contributed by atoms with E-state index >= 15 is 0 Å². The summed E-state index contributed by atoms with van der Waals surface area (Å²) in [4.78, 5) is 38.9. The molecule has 1 heterocycles. The van der Waals surface area contributed by atoms with Gasteiger partial charge in [-0.25, -0.2) is 0 Å². The summed E-state index contributed by atoms with van der Waals surface area (Å²) in [6.45, 7) is -1.27. The van der Waals surface area contributed by atoms with Gasteiger partial charge in [-0.05, 0) is 12.1 Å². The van der Waals surface area contributed by atoms with Gasteiger partial charge < -0.3 is 9.80 Å². The Morgan fingerprint density at radius 1 is 1.32 bits per heavy atom. The lowest BCUT2D eigenvalue weighted by atomic mass is 10.2. The van der Waals surface area contributed by atoms with Crippen molar-refractivity contribution in [2.24, 2.45) is 0 Å². The number of halogens is 3. The van der Waals surface area contributed by atoms with E-state index in [0.717, 1.165) is 4.90 Å². The number of rotatable bonds is 5. The first-order valence-electron chi connectivity index (χ1n) is 6.11. The van der Waals surface area contributed by atoms with Gasteiger partial charge in [-0.3, -0.25) is 19.4 Å². The van der Waals surface area contributed by atoms with E-state index in [2.05, 4.69) is 4.98 Å². The molecule has 0 saturated heterocycles. The molecule has 1 aromatic heterocycles. The maximum atomic E-state index is 12.6. The van der Waals surface area contributed by atoms with Crippen molar-refractivity contribution in [3.8, 4) is 0 Å². The van der Waals surface area contributed by atoms with Gasteiger partial charge in [-0.1, -0.05) is 0 Å². The minimum Gasteiger partial charge on any atom is -0.347 e. The topological polar surface area (TPSA) is 70.6 Å². The molecule has 0 radical (unpaired) electrons. The molecule has 1 rings (SSSR count). The Bertz CT molecular complexity index is 573. The average Bonchev–Trinajstić information content (AvgIpc) is 2.44. The molecule has 120 valence electrons. The minimum absolute atomic E-state index is 0.0776. The lowest BCUT2D eigenvalue weighted by molar-refractivity contribution is -0.186. The van der Waals surface area contributed by atoms with Gasteiger partial charge in [0.05, 0.1) is 12.2 Å². The van der Waals surface area contributed by atoms with Crippen molar-refractivity contribution in [1.82, 2.24) is 14.8 Å². The van der Waals surface area contributed by atoms with Crippen LogP contribution >= 0.6 is 0 Å². The molecular weight excluding hydrogens is 303 g/mol. The zero-order valence-electron chi connectivity index (χ0n) is 11.9. The maximum absolute atomic E-state index is 12.6. The molecule has 0 fully saturated rings. The molecule has 22 heavy (non-hydrogen) atoms.